The molecule has 0 fully saturated rings. The quantitative estimate of drug-likeness (QED) is 0.315. The molecule has 1 aliphatic carbocycles. The highest BCUT2D eigenvalue weighted by atomic mass is 32.2. The molecule has 7 nitrogen and oxygen atoms in total. The third-order valence-corrected chi connectivity index (χ3v) is 7.10. The molecule has 0 saturated heterocycles. The van der Waals surface area contributed by atoms with Crippen LogP contribution in [0, 0.1) is 0 Å². The van der Waals surface area contributed by atoms with E-state index in [1.54, 1.807) is 35.8 Å². The number of hydrogen-bond acceptors (Lipinski definition) is 6. The van der Waals surface area contributed by atoms with Crippen molar-refractivity contribution in [1.29, 1.82) is 0 Å². The van der Waals surface area contributed by atoms with E-state index in [1.807, 2.05) is 0 Å². The molecule has 3 amide bonds. The SMILES string of the molecule is C=CCn1c(SC(C)C(=O)NC(=O)NCC)nc2sc3c(c2c1=O)CCCCC3. The van der Waals surface area contributed by atoms with Gasteiger partial charge >= 0.3 is 6.03 Å². The number of aryl methyl sites for hydroxylation is 2. The highest BCUT2D eigenvalue weighted by molar-refractivity contribution is 8.00. The summed E-state index contributed by atoms with van der Waals surface area (Å²) in [6.45, 7) is 7.97. The zero-order chi connectivity index (χ0) is 21.0. The number of nitrogens with one attached hydrogen (secondary N) is 2. The van der Waals surface area contributed by atoms with Crippen molar-refractivity contribution < 1.29 is 9.59 Å². The number of hydrogen-bond donors (Lipinski definition) is 2. The number of carbonyl (C=O) groups excluding carboxylic acids is 2. The first-order valence-corrected chi connectivity index (χ1v) is 11.6. The van der Waals surface area contributed by atoms with Gasteiger partial charge in [0.15, 0.2) is 5.16 Å². The van der Waals surface area contributed by atoms with Crippen LogP contribution in [0.2, 0.25) is 0 Å². The summed E-state index contributed by atoms with van der Waals surface area (Å²) >= 11 is 2.77. The van der Waals surface area contributed by atoms with E-state index in [-0.39, 0.29) is 5.56 Å². The number of nitrogens with zero attached hydrogens (tertiary/aromatic N) is 2. The third-order valence-electron chi connectivity index (χ3n) is 4.83. The van der Waals surface area contributed by atoms with Crippen LogP contribution < -0.4 is 16.2 Å². The molecule has 0 bridgehead atoms. The predicted octanol–water partition coefficient (Wildman–Crippen LogP) is 3.24. The van der Waals surface area contributed by atoms with Crippen LogP contribution in [0.15, 0.2) is 22.6 Å². The molecule has 1 aliphatic rings. The monoisotopic (exact) mass is 434 g/mol. The Kier molecular flexibility index (Phi) is 7.13. The standard InChI is InChI=1S/C20H26N4O3S2/c1-4-11-24-18(26)15-13-9-7-6-8-10-14(13)29-17(15)23-20(24)28-12(3)16(25)22-19(27)21-5-2/h4,12H,1,5-11H2,2-3H3,(H2,21,22,25,27). The molecule has 3 rings (SSSR count). The lowest BCUT2D eigenvalue weighted by atomic mass is 10.1. The van der Waals surface area contributed by atoms with E-state index in [9.17, 15) is 14.4 Å². The van der Waals surface area contributed by atoms with Gasteiger partial charge in [0.25, 0.3) is 5.56 Å². The van der Waals surface area contributed by atoms with Crippen LogP contribution >= 0.6 is 23.1 Å². The Morgan fingerprint density at radius 1 is 1.34 bits per heavy atom. The summed E-state index contributed by atoms with van der Waals surface area (Å²) < 4.78 is 1.58. The van der Waals surface area contributed by atoms with Crippen molar-refractivity contribution in [3.8, 4) is 0 Å². The summed E-state index contributed by atoms with van der Waals surface area (Å²) in [5.41, 5.74) is 1.07. The number of thiophene rings is 1. The first kappa shape index (κ1) is 21.6. The highest BCUT2D eigenvalue weighted by Crippen LogP contribution is 2.34. The van der Waals surface area contributed by atoms with Crippen LogP contribution in [0.5, 0.6) is 0 Å². The summed E-state index contributed by atoms with van der Waals surface area (Å²) in [4.78, 5) is 44.0. The van der Waals surface area contributed by atoms with Gasteiger partial charge < -0.3 is 5.32 Å². The van der Waals surface area contributed by atoms with Gasteiger partial charge in [-0.05, 0) is 45.1 Å². The van der Waals surface area contributed by atoms with Gasteiger partial charge in [0.1, 0.15) is 4.83 Å². The number of allylic oxidation sites excluding steroid dienone is 1. The Bertz CT molecular complexity index is 996. The van der Waals surface area contributed by atoms with Crippen molar-refractivity contribution in [3.63, 3.8) is 0 Å². The number of rotatable bonds is 6. The van der Waals surface area contributed by atoms with E-state index in [0.29, 0.717) is 18.2 Å². The summed E-state index contributed by atoms with van der Waals surface area (Å²) in [7, 11) is 0. The second-order valence-electron chi connectivity index (χ2n) is 6.95. The Morgan fingerprint density at radius 2 is 2.10 bits per heavy atom. The molecule has 9 heteroatoms. The summed E-state index contributed by atoms with van der Waals surface area (Å²) in [6.07, 6.45) is 6.97. The average molecular weight is 435 g/mol. The van der Waals surface area contributed by atoms with Gasteiger partial charge in [-0.3, -0.25) is 19.5 Å². The van der Waals surface area contributed by atoms with E-state index in [4.69, 9.17) is 4.98 Å². The molecule has 1 unspecified atom stereocenters. The van der Waals surface area contributed by atoms with Crippen molar-refractivity contribution in [2.45, 2.75) is 62.9 Å². The Morgan fingerprint density at radius 3 is 2.83 bits per heavy atom. The number of urea groups is 1. The lowest BCUT2D eigenvalue weighted by Gasteiger charge is -2.14. The number of carbonyl (C=O) groups is 2. The molecular weight excluding hydrogens is 408 g/mol. The van der Waals surface area contributed by atoms with Gasteiger partial charge in [0.05, 0.1) is 10.6 Å². The molecule has 0 spiro atoms. The average Bonchev–Trinajstić information content (AvgIpc) is 2.86. The molecule has 2 aromatic heterocycles. The van der Waals surface area contributed by atoms with Gasteiger partial charge in [-0.15, -0.1) is 17.9 Å². The van der Waals surface area contributed by atoms with Crippen molar-refractivity contribution in [2.75, 3.05) is 6.54 Å². The van der Waals surface area contributed by atoms with E-state index in [0.717, 1.165) is 41.5 Å². The lowest BCUT2D eigenvalue weighted by Crippen LogP contribution is -2.42. The lowest BCUT2D eigenvalue weighted by molar-refractivity contribution is -0.119. The molecular formula is C20H26N4O3S2. The molecule has 2 heterocycles. The maximum Gasteiger partial charge on any atom is 0.321 e. The smallest absolute Gasteiger partial charge is 0.321 e. The van der Waals surface area contributed by atoms with Gasteiger partial charge in [-0.25, -0.2) is 9.78 Å². The maximum atomic E-state index is 13.3. The van der Waals surface area contributed by atoms with E-state index >= 15 is 0 Å². The zero-order valence-corrected chi connectivity index (χ0v) is 18.4. The summed E-state index contributed by atoms with van der Waals surface area (Å²) in [5.74, 6) is -0.428. The number of thioether (sulfide) groups is 1. The Balaban J connectivity index is 1.96. The van der Waals surface area contributed by atoms with Crippen molar-refractivity contribution in [2.24, 2.45) is 0 Å². The van der Waals surface area contributed by atoms with Crippen LogP contribution in [0.25, 0.3) is 10.2 Å². The number of imide groups is 1. The predicted molar refractivity (Wildman–Crippen MR) is 118 cm³/mol. The summed E-state index contributed by atoms with van der Waals surface area (Å²) in [6, 6.07) is -0.529. The zero-order valence-electron chi connectivity index (χ0n) is 16.7. The first-order valence-electron chi connectivity index (χ1n) is 9.87. The number of aromatic nitrogens is 2. The normalized spacial score (nSPS) is 14.7. The fourth-order valence-electron chi connectivity index (χ4n) is 3.41. The molecule has 156 valence electrons. The van der Waals surface area contributed by atoms with Crippen molar-refractivity contribution in [1.82, 2.24) is 20.2 Å². The molecule has 0 aliphatic heterocycles. The number of fused-ring (bicyclic) bond motifs is 3. The highest BCUT2D eigenvalue weighted by Gasteiger charge is 2.24. The van der Waals surface area contributed by atoms with Crippen LogP contribution in [0.3, 0.4) is 0 Å². The topological polar surface area (TPSA) is 93.1 Å². The summed E-state index contributed by atoms with van der Waals surface area (Å²) in [5, 5.41) is 5.44. The minimum Gasteiger partial charge on any atom is -0.338 e. The molecule has 2 N–H and O–H groups in total. The molecule has 2 aromatic rings. The van der Waals surface area contributed by atoms with Crippen molar-refractivity contribution >= 4 is 45.3 Å². The third kappa shape index (κ3) is 4.72. The molecule has 1 atom stereocenters. The van der Waals surface area contributed by atoms with E-state index < -0.39 is 17.2 Å². The van der Waals surface area contributed by atoms with Crippen LogP contribution in [-0.2, 0) is 24.2 Å². The van der Waals surface area contributed by atoms with Crippen molar-refractivity contribution in [3.05, 3.63) is 33.4 Å². The van der Waals surface area contributed by atoms with Crippen LogP contribution in [-0.4, -0.2) is 33.3 Å². The molecule has 29 heavy (non-hydrogen) atoms. The molecule has 0 radical (unpaired) electrons. The van der Waals surface area contributed by atoms with Gasteiger partial charge in [-0.1, -0.05) is 24.3 Å². The number of amides is 3. The maximum absolute atomic E-state index is 13.3. The second-order valence-corrected chi connectivity index (χ2v) is 9.34. The fourth-order valence-corrected chi connectivity index (χ4v) is 5.63. The minimum absolute atomic E-state index is 0.0758. The largest absolute Gasteiger partial charge is 0.338 e. The molecule has 0 saturated carbocycles. The van der Waals surface area contributed by atoms with Gasteiger partial charge in [0, 0.05) is 18.0 Å². The first-order chi connectivity index (χ1) is 14.0. The Hall–Kier alpha value is -2.13. The van der Waals surface area contributed by atoms with Crippen LogP contribution in [0.4, 0.5) is 4.79 Å². The Labute approximate surface area is 178 Å². The van der Waals surface area contributed by atoms with E-state index in [2.05, 4.69) is 17.2 Å². The fraction of sp³-hybridized carbons (Fsp3) is 0.500. The van der Waals surface area contributed by atoms with Gasteiger partial charge in [-0.2, -0.15) is 0 Å². The second kappa shape index (κ2) is 9.58. The molecule has 0 aromatic carbocycles. The van der Waals surface area contributed by atoms with Gasteiger partial charge in [0.2, 0.25) is 5.91 Å². The van der Waals surface area contributed by atoms with Crippen LogP contribution in [0.1, 0.15) is 43.6 Å². The van der Waals surface area contributed by atoms with E-state index in [1.165, 1.54) is 23.1 Å². The minimum atomic E-state index is -0.587.